The zero-order chi connectivity index (χ0) is 12.7. The highest BCUT2D eigenvalue weighted by atomic mass is 16.5. The zero-order valence-electron chi connectivity index (χ0n) is 11.0. The molecule has 1 atom stereocenters. The summed E-state index contributed by atoms with van der Waals surface area (Å²) < 4.78 is 11.0. The number of nitrogens with zero attached hydrogens (tertiary/aromatic N) is 2. The largest absolute Gasteiger partial charge is 0.489 e. The van der Waals surface area contributed by atoms with Gasteiger partial charge in [0.2, 0.25) is 5.75 Å². The minimum Gasteiger partial charge on any atom is -0.489 e. The molecular formula is C12H21N3O2. The maximum Gasteiger partial charge on any atom is 0.262 e. The van der Waals surface area contributed by atoms with Gasteiger partial charge in [-0.15, -0.1) is 0 Å². The third kappa shape index (κ3) is 3.76. The van der Waals surface area contributed by atoms with Crippen LogP contribution in [0.2, 0.25) is 0 Å². The summed E-state index contributed by atoms with van der Waals surface area (Å²) >= 11 is 0. The first-order valence-electron chi connectivity index (χ1n) is 6.02. The molecule has 0 amide bonds. The predicted octanol–water partition coefficient (Wildman–Crippen LogP) is 2.48. The van der Waals surface area contributed by atoms with Crippen LogP contribution < -0.4 is 14.8 Å². The second-order valence-electron chi connectivity index (χ2n) is 3.82. The van der Waals surface area contributed by atoms with Gasteiger partial charge in [0.05, 0.1) is 13.2 Å². The number of methoxy groups -OCH3 is 1. The van der Waals surface area contributed by atoms with Crippen LogP contribution in [0.4, 0.5) is 5.82 Å². The molecule has 5 heteroatoms. The lowest BCUT2D eigenvalue weighted by Crippen LogP contribution is -2.13. The van der Waals surface area contributed by atoms with Gasteiger partial charge < -0.3 is 14.8 Å². The van der Waals surface area contributed by atoms with E-state index in [9.17, 15) is 0 Å². The lowest BCUT2D eigenvalue weighted by atomic mass is 10.3. The fourth-order valence-corrected chi connectivity index (χ4v) is 1.27. The highest BCUT2D eigenvalue weighted by Gasteiger charge is 2.14. The molecule has 0 saturated heterocycles. The summed E-state index contributed by atoms with van der Waals surface area (Å²) in [5, 5.41) is 3.19. The Morgan fingerprint density at radius 2 is 2.12 bits per heavy atom. The molecule has 0 aliphatic heterocycles. The summed E-state index contributed by atoms with van der Waals surface area (Å²) in [5.74, 6) is 1.75. The lowest BCUT2D eigenvalue weighted by molar-refractivity contribution is 0.198. The van der Waals surface area contributed by atoms with E-state index < -0.39 is 0 Å². The van der Waals surface area contributed by atoms with Crippen molar-refractivity contribution in [2.45, 2.75) is 39.7 Å². The van der Waals surface area contributed by atoms with E-state index in [1.54, 1.807) is 7.11 Å². The predicted molar refractivity (Wildman–Crippen MR) is 67.7 cm³/mol. The van der Waals surface area contributed by atoms with E-state index in [0.29, 0.717) is 17.4 Å². The van der Waals surface area contributed by atoms with Gasteiger partial charge in [-0.3, -0.25) is 0 Å². The molecule has 5 nitrogen and oxygen atoms in total. The lowest BCUT2D eigenvalue weighted by Gasteiger charge is -2.16. The van der Waals surface area contributed by atoms with Gasteiger partial charge in [0.25, 0.3) is 5.88 Å². The monoisotopic (exact) mass is 239 g/mol. The van der Waals surface area contributed by atoms with Crippen LogP contribution in [0.5, 0.6) is 11.6 Å². The third-order valence-electron chi connectivity index (χ3n) is 2.41. The molecule has 96 valence electrons. The molecule has 0 radical (unpaired) electrons. The summed E-state index contributed by atoms with van der Waals surface area (Å²) in [6, 6.07) is 0. The Hall–Kier alpha value is -1.52. The SMILES string of the molecule is CCCNc1ncnc(OC(C)CC)c1OC. The third-order valence-corrected chi connectivity index (χ3v) is 2.41. The van der Waals surface area contributed by atoms with E-state index >= 15 is 0 Å². The topological polar surface area (TPSA) is 56.3 Å². The van der Waals surface area contributed by atoms with Gasteiger partial charge >= 0.3 is 0 Å². The van der Waals surface area contributed by atoms with Crippen molar-refractivity contribution >= 4 is 5.82 Å². The molecular weight excluding hydrogens is 218 g/mol. The van der Waals surface area contributed by atoms with Crippen LogP contribution >= 0.6 is 0 Å². The normalized spacial score (nSPS) is 12.0. The first-order chi connectivity index (χ1) is 8.22. The van der Waals surface area contributed by atoms with Crippen molar-refractivity contribution in [1.29, 1.82) is 0 Å². The number of anilines is 1. The highest BCUT2D eigenvalue weighted by Crippen LogP contribution is 2.31. The van der Waals surface area contributed by atoms with Gasteiger partial charge in [-0.2, -0.15) is 4.98 Å². The Kier molecular flexibility index (Phi) is 5.52. The van der Waals surface area contributed by atoms with Gasteiger partial charge in [-0.05, 0) is 19.8 Å². The van der Waals surface area contributed by atoms with Crippen LogP contribution in [0, 0.1) is 0 Å². The van der Waals surface area contributed by atoms with Crippen molar-refractivity contribution < 1.29 is 9.47 Å². The Bertz CT molecular complexity index is 345. The van der Waals surface area contributed by atoms with Gasteiger partial charge in [-0.1, -0.05) is 13.8 Å². The maximum absolute atomic E-state index is 5.69. The molecule has 0 spiro atoms. The van der Waals surface area contributed by atoms with Gasteiger partial charge in [0.15, 0.2) is 5.82 Å². The van der Waals surface area contributed by atoms with E-state index in [-0.39, 0.29) is 6.10 Å². The van der Waals surface area contributed by atoms with E-state index in [4.69, 9.17) is 9.47 Å². The van der Waals surface area contributed by atoms with Crippen molar-refractivity contribution in [3.63, 3.8) is 0 Å². The summed E-state index contributed by atoms with van der Waals surface area (Å²) in [6.07, 6.45) is 3.54. The fraction of sp³-hybridized carbons (Fsp3) is 0.667. The van der Waals surface area contributed by atoms with Crippen LogP contribution in [0.3, 0.4) is 0 Å². The summed E-state index contributed by atoms with van der Waals surface area (Å²) in [4.78, 5) is 8.26. The number of rotatable bonds is 7. The molecule has 0 saturated carbocycles. The minimum absolute atomic E-state index is 0.109. The summed E-state index contributed by atoms with van der Waals surface area (Å²) in [7, 11) is 1.60. The number of hydrogen-bond acceptors (Lipinski definition) is 5. The maximum atomic E-state index is 5.69. The number of ether oxygens (including phenoxy) is 2. The Balaban J connectivity index is 2.88. The molecule has 0 bridgehead atoms. The molecule has 1 aromatic rings. The molecule has 1 rings (SSSR count). The van der Waals surface area contributed by atoms with Gasteiger partial charge in [-0.25, -0.2) is 4.98 Å². The minimum atomic E-state index is 0.109. The first-order valence-corrected chi connectivity index (χ1v) is 6.02. The van der Waals surface area contributed by atoms with Crippen molar-refractivity contribution in [3.8, 4) is 11.6 Å². The quantitative estimate of drug-likeness (QED) is 0.792. The number of nitrogens with one attached hydrogen (secondary N) is 1. The average Bonchev–Trinajstić information content (AvgIpc) is 2.36. The molecule has 17 heavy (non-hydrogen) atoms. The Morgan fingerprint density at radius 1 is 1.35 bits per heavy atom. The van der Waals surface area contributed by atoms with E-state index in [2.05, 4.69) is 29.1 Å². The van der Waals surface area contributed by atoms with Gasteiger partial charge in [0.1, 0.15) is 6.33 Å². The Morgan fingerprint density at radius 3 is 2.71 bits per heavy atom. The summed E-state index contributed by atoms with van der Waals surface area (Å²) in [5.41, 5.74) is 0. The fourth-order valence-electron chi connectivity index (χ4n) is 1.27. The average molecular weight is 239 g/mol. The molecule has 0 fully saturated rings. The second-order valence-corrected chi connectivity index (χ2v) is 3.82. The van der Waals surface area contributed by atoms with Crippen LogP contribution in [0.25, 0.3) is 0 Å². The van der Waals surface area contributed by atoms with Crippen molar-refractivity contribution in [2.75, 3.05) is 19.0 Å². The Labute approximate surface area is 103 Å². The molecule has 0 aliphatic carbocycles. The first kappa shape index (κ1) is 13.5. The highest BCUT2D eigenvalue weighted by molar-refractivity contribution is 5.55. The van der Waals surface area contributed by atoms with Gasteiger partial charge in [0, 0.05) is 6.54 Å². The molecule has 1 unspecified atom stereocenters. The molecule has 1 heterocycles. The molecule has 1 aromatic heterocycles. The van der Waals surface area contributed by atoms with Crippen LogP contribution in [0.1, 0.15) is 33.6 Å². The number of hydrogen-bond donors (Lipinski definition) is 1. The van der Waals surface area contributed by atoms with Crippen LogP contribution in [-0.4, -0.2) is 29.7 Å². The second kappa shape index (κ2) is 6.93. The van der Waals surface area contributed by atoms with E-state index in [1.807, 2.05) is 6.92 Å². The van der Waals surface area contributed by atoms with Crippen molar-refractivity contribution in [2.24, 2.45) is 0 Å². The van der Waals surface area contributed by atoms with Crippen molar-refractivity contribution in [1.82, 2.24) is 9.97 Å². The van der Waals surface area contributed by atoms with Crippen molar-refractivity contribution in [3.05, 3.63) is 6.33 Å². The molecule has 0 aromatic carbocycles. The molecule has 1 N–H and O–H groups in total. The smallest absolute Gasteiger partial charge is 0.262 e. The number of aromatic nitrogens is 2. The summed E-state index contributed by atoms with van der Waals surface area (Å²) in [6.45, 7) is 7.00. The van der Waals surface area contributed by atoms with E-state index in [0.717, 1.165) is 19.4 Å². The standard InChI is InChI=1S/C12H21N3O2/c1-5-7-13-11-10(16-4)12(15-8-14-11)17-9(3)6-2/h8-9H,5-7H2,1-4H3,(H,13,14,15). The molecule has 0 aliphatic rings. The van der Waals surface area contributed by atoms with E-state index in [1.165, 1.54) is 6.33 Å². The zero-order valence-corrected chi connectivity index (χ0v) is 11.0. The van der Waals surface area contributed by atoms with Crippen LogP contribution in [-0.2, 0) is 0 Å². The van der Waals surface area contributed by atoms with Crippen LogP contribution in [0.15, 0.2) is 6.33 Å².